The largest absolute Gasteiger partial charge is 0.396 e. The van der Waals surface area contributed by atoms with Gasteiger partial charge in [-0.05, 0) is 6.07 Å². The van der Waals surface area contributed by atoms with Gasteiger partial charge in [0.1, 0.15) is 4.32 Å². The van der Waals surface area contributed by atoms with Crippen molar-refractivity contribution in [1.82, 2.24) is 4.98 Å². The van der Waals surface area contributed by atoms with E-state index < -0.39 is 0 Å². The summed E-state index contributed by atoms with van der Waals surface area (Å²) in [6.07, 6.45) is 3.18. The summed E-state index contributed by atoms with van der Waals surface area (Å²) in [6, 6.07) is 1.73. The van der Waals surface area contributed by atoms with Crippen LogP contribution in [0.3, 0.4) is 0 Å². The van der Waals surface area contributed by atoms with Crippen LogP contribution in [0.2, 0.25) is 0 Å². The number of nitrogens with two attached hydrogens (primary N) is 1. The second-order valence-corrected chi connectivity index (χ2v) is 3.05. The maximum absolute atomic E-state index is 5.55. The third-order valence-corrected chi connectivity index (χ3v) is 1.31. The highest BCUT2D eigenvalue weighted by atomic mass is 32.1. The Morgan fingerprint density at radius 3 is 3.00 bits per heavy atom. The second kappa shape index (κ2) is 3.54. The van der Waals surface area contributed by atoms with Crippen LogP contribution in [0.5, 0.6) is 0 Å². The van der Waals surface area contributed by atoms with E-state index in [0.29, 0.717) is 10.0 Å². The number of rotatable bonds is 1. The average molecular weight is 185 g/mol. The van der Waals surface area contributed by atoms with Gasteiger partial charge in [-0.15, -0.1) is 12.6 Å². The highest BCUT2D eigenvalue weighted by molar-refractivity contribution is 8.11. The van der Waals surface area contributed by atoms with Crippen LogP contribution in [-0.2, 0) is 0 Å². The second-order valence-electron chi connectivity index (χ2n) is 1.89. The van der Waals surface area contributed by atoms with E-state index in [0.717, 1.165) is 5.69 Å². The smallest absolute Gasteiger partial charge is 0.135 e. The third kappa shape index (κ3) is 2.36. The first kappa shape index (κ1) is 8.29. The summed E-state index contributed by atoms with van der Waals surface area (Å²) < 4.78 is 0.392. The quantitative estimate of drug-likeness (QED) is 0.456. The zero-order chi connectivity index (χ0) is 8.27. The van der Waals surface area contributed by atoms with E-state index in [2.05, 4.69) is 22.9 Å². The highest BCUT2D eigenvalue weighted by Gasteiger charge is 1.96. The number of nitrogens with one attached hydrogen (secondary N) is 1. The zero-order valence-corrected chi connectivity index (χ0v) is 7.32. The maximum Gasteiger partial charge on any atom is 0.135 e. The Morgan fingerprint density at radius 2 is 2.45 bits per heavy atom. The average Bonchev–Trinajstić information content (AvgIpc) is 1.93. The highest BCUT2D eigenvalue weighted by Crippen LogP contribution is 2.15. The molecule has 0 spiro atoms. The van der Waals surface area contributed by atoms with Gasteiger partial charge in [0.2, 0.25) is 0 Å². The van der Waals surface area contributed by atoms with Crippen molar-refractivity contribution >= 4 is 40.5 Å². The topological polar surface area (TPSA) is 50.9 Å². The van der Waals surface area contributed by atoms with Gasteiger partial charge in [0.05, 0.1) is 17.6 Å². The predicted molar refractivity (Wildman–Crippen MR) is 53.9 cm³/mol. The van der Waals surface area contributed by atoms with Gasteiger partial charge in [-0.2, -0.15) is 0 Å². The minimum atomic E-state index is 0.392. The van der Waals surface area contributed by atoms with Crippen LogP contribution in [0, 0.1) is 0 Å². The number of hydrogen-bond donors (Lipinski definition) is 3. The molecule has 0 aliphatic carbocycles. The molecule has 0 amide bonds. The fourth-order valence-electron chi connectivity index (χ4n) is 0.636. The van der Waals surface area contributed by atoms with E-state index in [9.17, 15) is 0 Å². The summed E-state index contributed by atoms with van der Waals surface area (Å²) in [5.74, 6) is 0. The van der Waals surface area contributed by atoms with Gasteiger partial charge in [0.25, 0.3) is 0 Å². The van der Waals surface area contributed by atoms with E-state index in [1.807, 2.05) is 0 Å². The molecule has 3 nitrogen and oxygen atoms in total. The van der Waals surface area contributed by atoms with Crippen LogP contribution >= 0.6 is 24.8 Å². The minimum Gasteiger partial charge on any atom is -0.396 e. The molecule has 0 saturated carbocycles. The molecule has 1 aromatic heterocycles. The van der Waals surface area contributed by atoms with E-state index in [-0.39, 0.29) is 0 Å². The summed E-state index contributed by atoms with van der Waals surface area (Å²) in [5.41, 5.74) is 6.85. The van der Waals surface area contributed by atoms with Crippen LogP contribution < -0.4 is 11.1 Å². The summed E-state index contributed by atoms with van der Waals surface area (Å²) in [5, 5.41) is 2.80. The lowest BCUT2D eigenvalue weighted by molar-refractivity contribution is 1.33. The number of aromatic nitrogens is 1. The SMILES string of the molecule is Nc1cnccc1NC(=S)S. The first-order valence-electron chi connectivity index (χ1n) is 2.89. The summed E-state index contributed by atoms with van der Waals surface area (Å²) in [6.45, 7) is 0. The molecule has 3 N–H and O–H groups in total. The molecule has 0 fully saturated rings. The van der Waals surface area contributed by atoms with Crippen LogP contribution in [0.25, 0.3) is 0 Å². The van der Waals surface area contributed by atoms with Crippen molar-refractivity contribution in [2.75, 3.05) is 11.1 Å². The van der Waals surface area contributed by atoms with Gasteiger partial charge < -0.3 is 11.1 Å². The molecule has 0 atom stereocenters. The number of pyridine rings is 1. The lowest BCUT2D eigenvalue weighted by Crippen LogP contribution is -2.03. The van der Waals surface area contributed by atoms with Gasteiger partial charge >= 0.3 is 0 Å². The molecule has 0 aliphatic heterocycles. The molecule has 0 aromatic carbocycles. The van der Waals surface area contributed by atoms with Gasteiger partial charge in [0.15, 0.2) is 0 Å². The lowest BCUT2D eigenvalue weighted by atomic mass is 10.3. The lowest BCUT2D eigenvalue weighted by Gasteiger charge is -2.04. The normalized spacial score (nSPS) is 9.18. The van der Waals surface area contributed by atoms with Crippen LogP contribution in [0.15, 0.2) is 18.5 Å². The monoisotopic (exact) mass is 185 g/mol. The van der Waals surface area contributed by atoms with E-state index in [1.54, 1.807) is 18.5 Å². The molecule has 0 saturated heterocycles. The molecular weight excluding hydrogens is 178 g/mol. The maximum atomic E-state index is 5.55. The Bertz CT molecular complexity index is 274. The van der Waals surface area contributed by atoms with Crippen molar-refractivity contribution in [2.24, 2.45) is 0 Å². The van der Waals surface area contributed by atoms with Crippen LogP contribution in [-0.4, -0.2) is 9.30 Å². The Balaban J connectivity index is 2.86. The Morgan fingerprint density at radius 1 is 1.73 bits per heavy atom. The number of thiol groups is 1. The Labute approximate surface area is 75.4 Å². The van der Waals surface area contributed by atoms with Crippen molar-refractivity contribution in [1.29, 1.82) is 0 Å². The van der Waals surface area contributed by atoms with Gasteiger partial charge in [-0.3, -0.25) is 4.98 Å². The van der Waals surface area contributed by atoms with E-state index in [1.165, 1.54) is 0 Å². The molecule has 58 valence electrons. The molecule has 1 aromatic rings. The van der Waals surface area contributed by atoms with E-state index in [4.69, 9.17) is 18.0 Å². The fourth-order valence-corrected chi connectivity index (χ4v) is 0.866. The van der Waals surface area contributed by atoms with Gasteiger partial charge in [-0.25, -0.2) is 0 Å². The third-order valence-electron chi connectivity index (χ3n) is 1.09. The molecule has 0 radical (unpaired) electrons. The van der Waals surface area contributed by atoms with Crippen molar-refractivity contribution < 1.29 is 0 Å². The van der Waals surface area contributed by atoms with Crippen molar-refractivity contribution in [3.8, 4) is 0 Å². The summed E-state index contributed by atoms with van der Waals surface area (Å²) in [4.78, 5) is 3.82. The first-order valence-corrected chi connectivity index (χ1v) is 3.75. The minimum absolute atomic E-state index is 0.392. The van der Waals surface area contributed by atoms with Crippen molar-refractivity contribution in [2.45, 2.75) is 0 Å². The fraction of sp³-hybridized carbons (Fsp3) is 0. The standard InChI is InChI=1S/C6H7N3S2/c7-4-3-8-2-1-5(4)9-6(10)11/h1-3H,7H2,(H2,8,9,10,11). The first-order chi connectivity index (χ1) is 5.20. The Kier molecular flexibility index (Phi) is 2.67. The molecular formula is C6H7N3S2. The van der Waals surface area contributed by atoms with Crippen molar-refractivity contribution in [3.05, 3.63) is 18.5 Å². The summed E-state index contributed by atoms with van der Waals surface area (Å²) >= 11 is 8.62. The predicted octanol–water partition coefficient (Wildman–Crippen LogP) is 1.29. The van der Waals surface area contributed by atoms with Gasteiger partial charge in [0, 0.05) is 6.20 Å². The number of thiocarbonyl (C=S) groups is 1. The molecule has 0 unspecified atom stereocenters. The molecule has 5 heteroatoms. The molecule has 1 rings (SSSR count). The van der Waals surface area contributed by atoms with Crippen LogP contribution in [0.4, 0.5) is 11.4 Å². The number of nitrogens with zero attached hydrogens (tertiary/aromatic N) is 1. The molecule has 1 heterocycles. The number of nitrogen functional groups attached to an aromatic ring is 1. The number of anilines is 2. The number of hydrogen-bond acceptors (Lipinski definition) is 3. The van der Waals surface area contributed by atoms with Crippen LogP contribution in [0.1, 0.15) is 0 Å². The Hall–Kier alpha value is -0.810. The summed E-state index contributed by atoms with van der Waals surface area (Å²) in [7, 11) is 0. The molecule has 0 aliphatic rings. The molecule has 11 heavy (non-hydrogen) atoms. The van der Waals surface area contributed by atoms with Crippen molar-refractivity contribution in [3.63, 3.8) is 0 Å². The molecule has 0 bridgehead atoms. The zero-order valence-electron chi connectivity index (χ0n) is 5.61. The van der Waals surface area contributed by atoms with Gasteiger partial charge in [-0.1, -0.05) is 12.2 Å². The van der Waals surface area contributed by atoms with E-state index >= 15 is 0 Å².